The van der Waals surface area contributed by atoms with Crippen molar-refractivity contribution in [2.24, 2.45) is 5.92 Å². The van der Waals surface area contributed by atoms with Crippen LogP contribution in [-0.2, 0) is 0 Å². The monoisotopic (exact) mass is 258 g/mol. The fourth-order valence-electron chi connectivity index (χ4n) is 2.59. The summed E-state index contributed by atoms with van der Waals surface area (Å²) in [5, 5.41) is 3.71. The summed E-state index contributed by atoms with van der Waals surface area (Å²) >= 11 is 2.07. The molecule has 1 N–H and O–H groups in total. The average Bonchev–Trinajstić information content (AvgIpc) is 2.38. The third kappa shape index (κ3) is 4.80. The van der Waals surface area contributed by atoms with Crippen LogP contribution in [0.25, 0.3) is 0 Å². The van der Waals surface area contributed by atoms with E-state index in [4.69, 9.17) is 0 Å². The van der Waals surface area contributed by atoms with Gasteiger partial charge in [-0.05, 0) is 18.1 Å². The van der Waals surface area contributed by atoms with E-state index in [0.29, 0.717) is 6.04 Å². The van der Waals surface area contributed by atoms with Crippen molar-refractivity contribution in [2.75, 3.05) is 31.1 Å². The molecule has 1 aliphatic heterocycles. The van der Waals surface area contributed by atoms with Gasteiger partial charge in [-0.15, -0.1) is 0 Å². The Balaban J connectivity index is 2.48. The number of rotatable bonds is 7. The van der Waals surface area contributed by atoms with Crippen molar-refractivity contribution in [3.8, 4) is 0 Å². The van der Waals surface area contributed by atoms with Gasteiger partial charge in [0.05, 0.1) is 0 Å². The Morgan fingerprint density at radius 1 is 1.35 bits per heavy atom. The van der Waals surface area contributed by atoms with E-state index in [1.54, 1.807) is 0 Å². The number of nitrogens with zero attached hydrogens (tertiary/aromatic N) is 1. The van der Waals surface area contributed by atoms with Crippen molar-refractivity contribution in [1.82, 2.24) is 10.2 Å². The fraction of sp³-hybridized carbons (Fsp3) is 1.00. The van der Waals surface area contributed by atoms with Crippen LogP contribution >= 0.6 is 11.8 Å². The first kappa shape index (κ1) is 15.3. The van der Waals surface area contributed by atoms with E-state index in [0.717, 1.165) is 12.0 Å². The Hall–Kier alpha value is 0.270. The molecule has 102 valence electrons. The molecule has 0 radical (unpaired) electrons. The highest BCUT2D eigenvalue weighted by atomic mass is 32.2. The molecule has 0 aliphatic carbocycles. The maximum Gasteiger partial charge on any atom is 0.0247 e. The van der Waals surface area contributed by atoms with Gasteiger partial charge in [0.25, 0.3) is 0 Å². The Morgan fingerprint density at radius 3 is 2.71 bits per heavy atom. The molecular formula is C14H30N2S. The van der Waals surface area contributed by atoms with Crippen LogP contribution in [0.3, 0.4) is 0 Å². The van der Waals surface area contributed by atoms with E-state index in [1.165, 1.54) is 44.0 Å². The zero-order chi connectivity index (χ0) is 12.7. The minimum Gasteiger partial charge on any atom is -0.311 e. The molecule has 17 heavy (non-hydrogen) atoms. The summed E-state index contributed by atoms with van der Waals surface area (Å²) in [5.41, 5.74) is 0. The molecule has 1 saturated heterocycles. The van der Waals surface area contributed by atoms with Crippen LogP contribution in [-0.4, -0.2) is 48.1 Å². The molecule has 3 atom stereocenters. The maximum atomic E-state index is 3.71. The Labute approximate surface area is 112 Å². The van der Waals surface area contributed by atoms with Gasteiger partial charge >= 0.3 is 0 Å². The van der Waals surface area contributed by atoms with Crippen molar-refractivity contribution in [3.63, 3.8) is 0 Å². The van der Waals surface area contributed by atoms with Gasteiger partial charge in [-0.1, -0.05) is 34.1 Å². The summed E-state index contributed by atoms with van der Waals surface area (Å²) in [4.78, 5) is 2.74. The van der Waals surface area contributed by atoms with Gasteiger partial charge in [-0.25, -0.2) is 0 Å². The maximum absolute atomic E-state index is 3.71. The van der Waals surface area contributed by atoms with Gasteiger partial charge < -0.3 is 5.32 Å². The lowest BCUT2D eigenvalue weighted by Crippen LogP contribution is -2.58. The van der Waals surface area contributed by atoms with E-state index in [-0.39, 0.29) is 0 Å². The zero-order valence-electron chi connectivity index (χ0n) is 12.0. The van der Waals surface area contributed by atoms with Crippen LogP contribution in [0.2, 0.25) is 0 Å². The molecule has 3 unspecified atom stereocenters. The van der Waals surface area contributed by atoms with Crippen molar-refractivity contribution >= 4 is 11.8 Å². The van der Waals surface area contributed by atoms with Crippen molar-refractivity contribution in [2.45, 2.75) is 52.6 Å². The second-order valence-electron chi connectivity index (χ2n) is 5.16. The number of nitrogens with one attached hydrogen (secondary N) is 1. The lowest BCUT2D eigenvalue weighted by molar-refractivity contribution is 0.0972. The first-order chi connectivity index (χ1) is 8.22. The normalized spacial score (nSPS) is 28.2. The molecule has 0 aromatic carbocycles. The topological polar surface area (TPSA) is 15.3 Å². The molecule has 1 aliphatic rings. The second-order valence-corrected chi connectivity index (χ2v) is 6.55. The molecule has 3 heteroatoms. The highest BCUT2D eigenvalue weighted by molar-refractivity contribution is 7.99. The second kappa shape index (κ2) is 8.39. The van der Waals surface area contributed by atoms with Crippen LogP contribution < -0.4 is 5.32 Å². The standard InChI is InChI=1S/C14H30N2S/c1-5-12(4)14-10-15-13(6-2)11-16(14)8-9-17-7-3/h12-15H,5-11H2,1-4H3. The number of hydrogen-bond donors (Lipinski definition) is 1. The summed E-state index contributed by atoms with van der Waals surface area (Å²) in [6.45, 7) is 13.0. The molecule has 1 rings (SSSR count). The summed E-state index contributed by atoms with van der Waals surface area (Å²) < 4.78 is 0. The summed E-state index contributed by atoms with van der Waals surface area (Å²) in [6.07, 6.45) is 2.55. The van der Waals surface area contributed by atoms with E-state index in [9.17, 15) is 0 Å². The quantitative estimate of drug-likeness (QED) is 0.707. The zero-order valence-corrected chi connectivity index (χ0v) is 12.9. The minimum absolute atomic E-state index is 0.710. The fourth-order valence-corrected chi connectivity index (χ4v) is 3.24. The highest BCUT2D eigenvalue weighted by Gasteiger charge is 2.29. The van der Waals surface area contributed by atoms with Crippen molar-refractivity contribution < 1.29 is 0 Å². The minimum atomic E-state index is 0.710. The number of thioether (sulfide) groups is 1. The molecule has 0 aromatic heterocycles. The third-order valence-electron chi connectivity index (χ3n) is 4.06. The van der Waals surface area contributed by atoms with E-state index in [1.807, 2.05) is 0 Å². The van der Waals surface area contributed by atoms with Crippen molar-refractivity contribution in [1.29, 1.82) is 0 Å². The Kier molecular flexibility index (Phi) is 7.56. The van der Waals surface area contributed by atoms with Gasteiger partial charge in [0.2, 0.25) is 0 Å². The molecule has 0 spiro atoms. The van der Waals surface area contributed by atoms with Crippen LogP contribution in [0.4, 0.5) is 0 Å². The van der Waals surface area contributed by atoms with Gasteiger partial charge in [0.1, 0.15) is 0 Å². The first-order valence-electron chi connectivity index (χ1n) is 7.28. The molecule has 1 fully saturated rings. The lowest BCUT2D eigenvalue weighted by atomic mass is 9.94. The van der Waals surface area contributed by atoms with Crippen LogP contribution in [0.5, 0.6) is 0 Å². The van der Waals surface area contributed by atoms with Gasteiger partial charge in [-0.2, -0.15) is 11.8 Å². The summed E-state index contributed by atoms with van der Waals surface area (Å²) in [7, 11) is 0. The largest absolute Gasteiger partial charge is 0.311 e. The van der Waals surface area contributed by atoms with E-state index in [2.05, 4.69) is 49.7 Å². The molecule has 0 bridgehead atoms. The average molecular weight is 258 g/mol. The lowest BCUT2D eigenvalue weighted by Gasteiger charge is -2.43. The molecule has 1 heterocycles. The molecule has 0 amide bonds. The third-order valence-corrected chi connectivity index (χ3v) is 4.94. The molecule has 0 saturated carbocycles. The smallest absolute Gasteiger partial charge is 0.0247 e. The molecule has 2 nitrogen and oxygen atoms in total. The molecule has 0 aromatic rings. The van der Waals surface area contributed by atoms with Crippen LogP contribution in [0, 0.1) is 5.92 Å². The Bertz CT molecular complexity index is 199. The first-order valence-corrected chi connectivity index (χ1v) is 8.43. The Morgan fingerprint density at radius 2 is 2.12 bits per heavy atom. The van der Waals surface area contributed by atoms with Gasteiger partial charge in [0, 0.05) is 37.5 Å². The van der Waals surface area contributed by atoms with E-state index < -0.39 is 0 Å². The van der Waals surface area contributed by atoms with Crippen molar-refractivity contribution in [3.05, 3.63) is 0 Å². The highest BCUT2D eigenvalue weighted by Crippen LogP contribution is 2.19. The summed E-state index contributed by atoms with van der Waals surface area (Å²) in [5.74, 6) is 3.35. The van der Waals surface area contributed by atoms with E-state index >= 15 is 0 Å². The predicted octanol–water partition coefficient (Wildman–Crippen LogP) is 2.84. The van der Waals surface area contributed by atoms with Gasteiger partial charge in [-0.3, -0.25) is 4.90 Å². The van der Waals surface area contributed by atoms with Crippen LogP contribution in [0.15, 0.2) is 0 Å². The van der Waals surface area contributed by atoms with Crippen LogP contribution in [0.1, 0.15) is 40.5 Å². The van der Waals surface area contributed by atoms with Gasteiger partial charge in [0.15, 0.2) is 0 Å². The predicted molar refractivity (Wildman–Crippen MR) is 79.9 cm³/mol. The number of piperazine rings is 1. The summed E-state index contributed by atoms with van der Waals surface area (Å²) in [6, 6.07) is 1.46. The number of hydrogen-bond acceptors (Lipinski definition) is 3. The SMILES string of the molecule is CCSCCN1CC(CC)NCC1C(C)CC. The molecular weight excluding hydrogens is 228 g/mol.